The van der Waals surface area contributed by atoms with E-state index in [1.165, 1.54) is 11.0 Å². The number of carbonyl (C=O) groups excluding carboxylic acids is 1. The van der Waals surface area contributed by atoms with Gasteiger partial charge in [0.15, 0.2) is 0 Å². The van der Waals surface area contributed by atoms with Gasteiger partial charge in [-0.25, -0.2) is 9.97 Å². The van der Waals surface area contributed by atoms with Crippen molar-refractivity contribution in [3.05, 3.63) is 58.5 Å². The summed E-state index contributed by atoms with van der Waals surface area (Å²) in [6, 6.07) is 5.20. The second-order valence-electron chi connectivity index (χ2n) is 8.87. The lowest BCUT2D eigenvalue weighted by molar-refractivity contribution is -0.141. The van der Waals surface area contributed by atoms with Crippen LogP contribution in [0, 0.1) is 0 Å². The van der Waals surface area contributed by atoms with Crippen LogP contribution in [-0.2, 0) is 35.9 Å². The third-order valence-corrected chi connectivity index (χ3v) is 6.59. The van der Waals surface area contributed by atoms with Gasteiger partial charge in [0.25, 0.3) is 5.91 Å². The Kier molecular flexibility index (Phi) is 6.24. The molecule has 3 aromatic heterocycles. The first kappa shape index (κ1) is 24.9. The van der Waals surface area contributed by atoms with Crippen LogP contribution >= 0.6 is 0 Å². The first-order chi connectivity index (χ1) is 17.6. The van der Waals surface area contributed by atoms with Crippen molar-refractivity contribution >= 4 is 33.5 Å². The minimum absolute atomic E-state index is 0.0606. The van der Waals surface area contributed by atoms with E-state index in [-0.39, 0.29) is 31.4 Å². The molecule has 1 aliphatic rings. The molecule has 194 valence electrons. The molecule has 0 saturated heterocycles. The predicted octanol–water partition coefficient (Wildman–Crippen LogP) is 4.00. The van der Waals surface area contributed by atoms with Gasteiger partial charge in [-0.15, -0.1) is 0 Å². The molecule has 0 unspecified atom stereocenters. The van der Waals surface area contributed by atoms with Gasteiger partial charge in [0.05, 0.1) is 54.2 Å². The number of rotatable bonds is 5. The maximum Gasteiger partial charge on any atom is 0.433 e. The zero-order valence-electron chi connectivity index (χ0n) is 20.5. The van der Waals surface area contributed by atoms with Gasteiger partial charge < -0.3 is 20.1 Å². The molecule has 1 aromatic carbocycles. The van der Waals surface area contributed by atoms with E-state index >= 15 is 0 Å². The highest BCUT2D eigenvalue weighted by atomic mass is 19.4. The van der Waals surface area contributed by atoms with Gasteiger partial charge in [0.2, 0.25) is 0 Å². The average molecular weight is 515 g/mol. The molecular weight excluding hydrogens is 489 g/mol. The van der Waals surface area contributed by atoms with Crippen LogP contribution in [0.4, 0.5) is 19.0 Å². The fourth-order valence-corrected chi connectivity index (χ4v) is 4.68. The smallest absolute Gasteiger partial charge is 0.383 e. The van der Waals surface area contributed by atoms with Crippen LogP contribution in [-0.4, -0.2) is 50.8 Å². The summed E-state index contributed by atoms with van der Waals surface area (Å²) in [5.74, 6) is -0.0130. The van der Waals surface area contributed by atoms with Crippen LogP contribution in [0.15, 0.2) is 30.5 Å². The number of hydrogen-bond donors (Lipinski definition) is 1. The topological polar surface area (TPSA) is 108 Å². The molecule has 0 saturated carbocycles. The molecule has 9 nitrogen and oxygen atoms in total. The number of anilines is 1. The summed E-state index contributed by atoms with van der Waals surface area (Å²) in [4.78, 5) is 23.6. The van der Waals surface area contributed by atoms with Crippen molar-refractivity contribution in [2.75, 3.05) is 26.0 Å². The number of fused-ring (bicyclic) bond motifs is 4. The third-order valence-electron chi connectivity index (χ3n) is 6.59. The Morgan fingerprint density at radius 3 is 2.78 bits per heavy atom. The molecule has 0 aliphatic carbocycles. The van der Waals surface area contributed by atoms with E-state index in [2.05, 4.69) is 15.1 Å². The van der Waals surface area contributed by atoms with Gasteiger partial charge >= 0.3 is 6.18 Å². The zero-order valence-corrected chi connectivity index (χ0v) is 20.5. The average Bonchev–Trinajstić information content (AvgIpc) is 3.27. The van der Waals surface area contributed by atoms with E-state index in [1.807, 2.05) is 6.92 Å². The Hall–Kier alpha value is -3.77. The quantitative estimate of drug-likeness (QED) is 0.429. The SMILES string of the molecule is CCOCc1cc2nc(N)c3cnn(C)c3c2cc1C(=O)N(C)[C@H]1COCc2nc(C(F)(F)F)ccc21. The van der Waals surface area contributed by atoms with Crippen molar-refractivity contribution in [1.29, 1.82) is 0 Å². The fraction of sp³-hybridized carbons (Fsp3) is 0.360. The molecule has 1 aliphatic heterocycles. The Labute approximate surface area is 210 Å². The van der Waals surface area contributed by atoms with Crippen molar-refractivity contribution in [2.45, 2.75) is 32.4 Å². The van der Waals surface area contributed by atoms with Gasteiger partial charge in [-0.3, -0.25) is 9.48 Å². The largest absolute Gasteiger partial charge is 0.433 e. The Bertz CT molecular complexity index is 1520. The number of hydrogen-bond acceptors (Lipinski definition) is 7. The number of nitrogen functional groups attached to an aromatic ring is 1. The second kappa shape index (κ2) is 9.27. The summed E-state index contributed by atoms with van der Waals surface area (Å²) in [7, 11) is 3.38. The standard InChI is InChI=1S/C25H25F3N6O3/c1-4-36-10-13-7-18-16(22-17(23(29)32-18)9-30-34(22)3)8-15(13)24(35)33(2)20-12-37-11-19-14(20)5-6-21(31-19)25(26,27)28/h5-9,20H,4,10-12H2,1-3H3,(H2,29,32)/t20-/m0/s1. The van der Waals surface area contributed by atoms with Crippen LogP contribution in [0.2, 0.25) is 0 Å². The summed E-state index contributed by atoms with van der Waals surface area (Å²) < 4.78 is 52.4. The van der Waals surface area contributed by atoms with E-state index in [0.29, 0.717) is 45.4 Å². The van der Waals surface area contributed by atoms with E-state index in [0.717, 1.165) is 11.6 Å². The van der Waals surface area contributed by atoms with Gasteiger partial charge in [0.1, 0.15) is 11.5 Å². The van der Waals surface area contributed by atoms with Crippen molar-refractivity contribution in [3.8, 4) is 0 Å². The molecule has 0 radical (unpaired) electrons. The first-order valence-electron chi connectivity index (χ1n) is 11.6. The van der Waals surface area contributed by atoms with Crippen LogP contribution < -0.4 is 5.73 Å². The minimum atomic E-state index is -4.57. The maximum atomic E-state index is 13.9. The number of benzene rings is 1. The zero-order chi connectivity index (χ0) is 26.5. The van der Waals surface area contributed by atoms with Crippen LogP contribution in [0.25, 0.3) is 21.8 Å². The van der Waals surface area contributed by atoms with E-state index < -0.39 is 17.9 Å². The summed E-state index contributed by atoms with van der Waals surface area (Å²) in [6.45, 7) is 2.52. The number of halogens is 3. The number of likely N-dealkylation sites (N-methyl/N-ethyl adjacent to an activating group) is 1. The molecule has 2 N–H and O–H groups in total. The highest BCUT2D eigenvalue weighted by Crippen LogP contribution is 2.35. The third kappa shape index (κ3) is 4.36. The highest BCUT2D eigenvalue weighted by molar-refractivity contribution is 6.10. The van der Waals surface area contributed by atoms with E-state index in [9.17, 15) is 18.0 Å². The number of amides is 1. The number of pyridine rings is 2. The summed E-state index contributed by atoms with van der Waals surface area (Å²) in [5.41, 5.74) is 8.16. The first-order valence-corrected chi connectivity index (χ1v) is 11.6. The minimum Gasteiger partial charge on any atom is -0.383 e. The second-order valence-corrected chi connectivity index (χ2v) is 8.87. The molecule has 1 amide bonds. The van der Waals surface area contributed by atoms with E-state index in [4.69, 9.17) is 15.2 Å². The van der Waals surface area contributed by atoms with Gasteiger partial charge in [0, 0.05) is 37.2 Å². The van der Waals surface area contributed by atoms with Crippen LogP contribution in [0.3, 0.4) is 0 Å². The molecule has 37 heavy (non-hydrogen) atoms. The van der Waals surface area contributed by atoms with Crippen molar-refractivity contribution in [1.82, 2.24) is 24.6 Å². The van der Waals surface area contributed by atoms with E-state index in [1.54, 1.807) is 37.1 Å². The molecule has 0 bridgehead atoms. The molecule has 0 fully saturated rings. The van der Waals surface area contributed by atoms with Gasteiger partial charge in [-0.2, -0.15) is 18.3 Å². The molecule has 4 aromatic rings. The van der Waals surface area contributed by atoms with Crippen molar-refractivity contribution < 1.29 is 27.4 Å². The van der Waals surface area contributed by atoms with Crippen molar-refractivity contribution in [3.63, 3.8) is 0 Å². The Morgan fingerprint density at radius 2 is 2.05 bits per heavy atom. The molecule has 1 atom stereocenters. The number of ether oxygens (including phenoxy) is 2. The summed E-state index contributed by atoms with van der Waals surface area (Å²) in [5, 5.41) is 5.64. The number of nitrogens with zero attached hydrogens (tertiary/aromatic N) is 5. The van der Waals surface area contributed by atoms with Gasteiger partial charge in [-0.05, 0) is 30.7 Å². The number of carbonyl (C=O) groups is 1. The Morgan fingerprint density at radius 1 is 1.27 bits per heavy atom. The van der Waals surface area contributed by atoms with Crippen molar-refractivity contribution in [2.24, 2.45) is 7.05 Å². The monoisotopic (exact) mass is 514 g/mol. The summed E-state index contributed by atoms with van der Waals surface area (Å²) >= 11 is 0. The molecular formula is C25H25F3N6O3. The maximum absolute atomic E-state index is 13.9. The van der Waals surface area contributed by atoms with Crippen LogP contribution in [0.5, 0.6) is 0 Å². The molecule has 12 heteroatoms. The normalized spacial score (nSPS) is 15.8. The lowest BCUT2D eigenvalue weighted by atomic mass is 9.98. The van der Waals surface area contributed by atoms with Gasteiger partial charge in [-0.1, -0.05) is 6.07 Å². The highest BCUT2D eigenvalue weighted by Gasteiger charge is 2.36. The predicted molar refractivity (Wildman–Crippen MR) is 129 cm³/mol. The number of aryl methyl sites for hydroxylation is 1. The fourth-order valence-electron chi connectivity index (χ4n) is 4.68. The van der Waals surface area contributed by atoms with Crippen LogP contribution in [0.1, 0.15) is 45.8 Å². The molecule has 0 spiro atoms. The number of aromatic nitrogens is 4. The molecule has 5 rings (SSSR count). The summed E-state index contributed by atoms with van der Waals surface area (Å²) in [6.07, 6.45) is -2.95. The number of nitrogens with two attached hydrogens (primary N) is 1. The lowest BCUT2D eigenvalue weighted by Crippen LogP contribution is -2.37. The lowest BCUT2D eigenvalue weighted by Gasteiger charge is -2.33. The molecule has 4 heterocycles. The number of alkyl halides is 3. The Balaban J connectivity index is 1.59.